The van der Waals surface area contributed by atoms with E-state index >= 15 is 0 Å². The number of primary amides is 1. The van der Waals surface area contributed by atoms with Crippen LogP contribution in [0.5, 0.6) is 0 Å². The van der Waals surface area contributed by atoms with Crippen molar-refractivity contribution >= 4 is 15.7 Å². The number of carbonyl (C=O) groups excluding carboxylic acids is 1. The molecule has 1 unspecified atom stereocenters. The summed E-state index contributed by atoms with van der Waals surface area (Å²) in [5.74, 6) is -0.399. The number of sulfone groups is 1. The van der Waals surface area contributed by atoms with Gasteiger partial charge < -0.3 is 5.73 Å². The van der Waals surface area contributed by atoms with Crippen LogP contribution in [0.4, 0.5) is 0 Å². The Bertz CT molecular complexity index is 966. The molecule has 2 atom stereocenters. The fourth-order valence-electron chi connectivity index (χ4n) is 3.63. The highest BCUT2D eigenvalue weighted by atomic mass is 32.2. The molecule has 146 valence electrons. The molecule has 1 fully saturated rings. The lowest BCUT2D eigenvalue weighted by Crippen LogP contribution is -2.52. The first-order valence-corrected chi connectivity index (χ1v) is 10.8. The number of piperidine rings is 1. The van der Waals surface area contributed by atoms with Gasteiger partial charge in [0, 0.05) is 13.0 Å². The first-order valence-electron chi connectivity index (χ1n) is 9.27. The maximum atomic E-state index is 12.7. The number of rotatable bonds is 6. The van der Waals surface area contributed by atoms with Gasteiger partial charge in [-0.2, -0.15) is 5.26 Å². The van der Waals surface area contributed by atoms with E-state index < -0.39 is 27.8 Å². The van der Waals surface area contributed by atoms with Crippen molar-refractivity contribution in [1.29, 1.82) is 5.26 Å². The third-order valence-corrected chi connectivity index (χ3v) is 6.92. The normalized spacial score (nSPS) is 18.9. The molecule has 1 saturated heterocycles. The highest BCUT2D eigenvalue weighted by Gasteiger charge is 2.32. The van der Waals surface area contributed by atoms with E-state index in [2.05, 4.69) is 6.07 Å². The van der Waals surface area contributed by atoms with E-state index in [0.717, 1.165) is 18.4 Å². The number of hydrogen-bond donors (Lipinski definition) is 1. The Labute approximate surface area is 165 Å². The number of nitrogens with two attached hydrogens (primary N) is 1. The number of nitrogens with zero attached hydrogens (tertiary/aromatic N) is 2. The molecule has 2 N–H and O–H groups in total. The minimum Gasteiger partial charge on any atom is -0.368 e. The van der Waals surface area contributed by atoms with Crippen molar-refractivity contribution in [3.63, 3.8) is 0 Å². The molecule has 1 aliphatic heterocycles. The fraction of sp³-hybridized carbons (Fsp3) is 0.333. The van der Waals surface area contributed by atoms with Gasteiger partial charge in [0.25, 0.3) is 0 Å². The van der Waals surface area contributed by atoms with Crippen molar-refractivity contribution in [1.82, 2.24) is 4.90 Å². The Hall–Kier alpha value is -2.69. The molecule has 28 heavy (non-hydrogen) atoms. The number of carbonyl (C=O) groups is 1. The molecule has 2 aromatic rings. The summed E-state index contributed by atoms with van der Waals surface area (Å²) in [6, 6.07) is 16.2. The van der Waals surface area contributed by atoms with Gasteiger partial charge >= 0.3 is 0 Å². The summed E-state index contributed by atoms with van der Waals surface area (Å²) in [6.07, 6.45) is 2.93. The van der Waals surface area contributed by atoms with E-state index in [1.54, 1.807) is 54.6 Å². The zero-order chi connectivity index (χ0) is 20.1. The summed E-state index contributed by atoms with van der Waals surface area (Å²) in [5, 5.41) is 9.63. The molecule has 0 bridgehead atoms. The van der Waals surface area contributed by atoms with Crippen LogP contribution in [0.3, 0.4) is 0 Å². The standard InChI is InChI=1S/C21H23N3O3S/c22-15-17(24-13-5-4-8-20(24)21(23)25)14-16-9-11-19(12-10-16)28(26,27)18-6-2-1-3-7-18/h1-3,6-7,9-12,17,20H,4-5,8,13-14H2,(H2,23,25)/t17-,20?/m0/s1. The van der Waals surface area contributed by atoms with Gasteiger partial charge in [-0.1, -0.05) is 36.8 Å². The van der Waals surface area contributed by atoms with E-state index in [1.807, 2.05) is 4.90 Å². The van der Waals surface area contributed by atoms with Crippen LogP contribution in [0.2, 0.25) is 0 Å². The minimum absolute atomic E-state index is 0.212. The van der Waals surface area contributed by atoms with E-state index in [1.165, 1.54) is 0 Å². The van der Waals surface area contributed by atoms with E-state index in [0.29, 0.717) is 19.4 Å². The third kappa shape index (κ3) is 4.24. The fourth-order valence-corrected chi connectivity index (χ4v) is 4.92. The van der Waals surface area contributed by atoms with Crippen molar-refractivity contribution in [2.45, 2.75) is 47.6 Å². The highest BCUT2D eigenvalue weighted by molar-refractivity contribution is 7.91. The topological polar surface area (TPSA) is 104 Å². The van der Waals surface area contributed by atoms with Crippen LogP contribution in [0.15, 0.2) is 64.4 Å². The highest BCUT2D eigenvalue weighted by Crippen LogP contribution is 2.24. The van der Waals surface area contributed by atoms with Gasteiger partial charge in [0.15, 0.2) is 0 Å². The molecule has 7 heteroatoms. The number of likely N-dealkylation sites (tertiary alicyclic amines) is 1. The summed E-state index contributed by atoms with van der Waals surface area (Å²) in [7, 11) is -3.57. The lowest BCUT2D eigenvalue weighted by Gasteiger charge is -2.36. The Kier molecular flexibility index (Phi) is 6.12. The SMILES string of the molecule is N#C[C@H](Cc1ccc(S(=O)(=O)c2ccccc2)cc1)N1CCCCC1C(N)=O. The van der Waals surface area contributed by atoms with Crippen molar-refractivity contribution in [3.8, 4) is 6.07 Å². The predicted octanol–water partition coefficient (Wildman–Crippen LogP) is 2.29. The summed E-state index contributed by atoms with van der Waals surface area (Å²) in [6.45, 7) is 0.659. The second-order valence-electron chi connectivity index (χ2n) is 6.96. The first-order chi connectivity index (χ1) is 13.4. The van der Waals surface area contributed by atoms with Gasteiger partial charge in [0.1, 0.15) is 6.04 Å². The average Bonchev–Trinajstić information content (AvgIpc) is 2.73. The van der Waals surface area contributed by atoms with Crippen LogP contribution in [0.25, 0.3) is 0 Å². The average molecular weight is 398 g/mol. The van der Waals surface area contributed by atoms with Crippen LogP contribution in [-0.2, 0) is 21.1 Å². The first kappa shape index (κ1) is 20.1. The smallest absolute Gasteiger partial charge is 0.234 e. The number of nitriles is 1. The van der Waals surface area contributed by atoms with Crippen LogP contribution in [0, 0.1) is 11.3 Å². The van der Waals surface area contributed by atoms with Gasteiger partial charge in [-0.3, -0.25) is 9.69 Å². The van der Waals surface area contributed by atoms with E-state index in [-0.39, 0.29) is 9.79 Å². The van der Waals surface area contributed by atoms with Crippen LogP contribution in [0.1, 0.15) is 24.8 Å². The Balaban J connectivity index is 1.78. The number of hydrogen-bond acceptors (Lipinski definition) is 5. The summed E-state index contributed by atoms with van der Waals surface area (Å²) in [4.78, 5) is 14.1. The molecule has 1 heterocycles. The lowest BCUT2D eigenvalue weighted by molar-refractivity contribution is -0.125. The zero-order valence-electron chi connectivity index (χ0n) is 15.5. The van der Waals surface area contributed by atoms with E-state index in [4.69, 9.17) is 5.73 Å². The molecule has 0 saturated carbocycles. The Morgan fingerprint density at radius 1 is 1.11 bits per heavy atom. The lowest BCUT2D eigenvalue weighted by atomic mass is 9.96. The molecule has 2 aromatic carbocycles. The molecule has 0 aromatic heterocycles. The zero-order valence-corrected chi connectivity index (χ0v) is 16.3. The summed E-state index contributed by atoms with van der Waals surface area (Å²) in [5.41, 5.74) is 6.35. The number of benzene rings is 2. The van der Waals surface area contributed by atoms with Crippen molar-refractivity contribution < 1.29 is 13.2 Å². The molecule has 1 amide bonds. The maximum absolute atomic E-state index is 12.7. The molecule has 3 rings (SSSR count). The van der Waals surface area contributed by atoms with Gasteiger partial charge in [0.2, 0.25) is 15.7 Å². The molecule has 6 nitrogen and oxygen atoms in total. The second-order valence-corrected chi connectivity index (χ2v) is 8.91. The molecule has 1 aliphatic rings. The molecular formula is C21H23N3O3S. The monoisotopic (exact) mass is 397 g/mol. The largest absolute Gasteiger partial charge is 0.368 e. The second kappa shape index (κ2) is 8.55. The molecular weight excluding hydrogens is 374 g/mol. The van der Waals surface area contributed by atoms with Crippen LogP contribution >= 0.6 is 0 Å². The summed E-state index contributed by atoms with van der Waals surface area (Å²) < 4.78 is 25.4. The number of amides is 1. The Morgan fingerprint density at radius 3 is 2.36 bits per heavy atom. The molecule has 0 aliphatic carbocycles. The van der Waals surface area contributed by atoms with Crippen molar-refractivity contribution in [3.05, 3.63) is 60.2 Å². The molecule has 0 spiro atoms. The summed E-state index contributed by atoms with van der Waals surface area (Å²) >= 11 is 0. The van der Waals surface area contributed by atoms with E-state index in [9.17, 15) is 18.5 Å². The van der Waals surface area contributed by atoms with Gasteiger partial charge in [-0.25, -0.2) is 8.42 Å². The third-order valence-electron chi connectivity index (χ3n) is 5.14. The Morgan fingerprint density at radius 2 is 1.75 bits per heavy atom. The van der Waals surface area contributed by atoms with Crippen molar-refractivity contribution in [2.24, 2.45) is 5.73 Å². The minimum atomic E-state index is -3.57. The van der Waals surface area contributed by atoms with Crippen LogP contribution < -0.4 is 5.73 Å². The van der Waals surface area contributed by atoms with Gasteiger partial charge in [0.05, 0.1) is 21.9 Å². The quantitative estimate of drug-likeness (QED) is 0.805. The van der Waals surface area contributed by atoms with Gasteiger partial charge in [-0.15, -0.1) is 0 Å². The maximum Gasteiger partial charge on any atom is 0.234 e. The van der Waals surface area contributed by atoms with Crippen LogP contribution in [-0.4, -0.2) is 37.9 Å². The predicted molar refractivity (Wildman–Crippen MR) is 105 cm³/mol. The molecule has 0 radical (unpaired) electrons. The van der Waals surface area contributed by atoms with Gasteiger partial charge in [-0.05, 0) is 42.7 Å². The van der Waals surface area contributed by atoms with Crippen molar-refractivity contribution in [2.75, 3.05) is 6.54 Å².